The summed E-state index contributed by atoms with van der Waals surface area (Å²) >= 11 is 7.06. The highest BCUT2D eigenvalue weighted by Gasteiger charge is 2.41. The van der Waals surface area contributed by atoms with Crippen LogP contribution in [0.3, 0.4) is 0 Å². The molecule has 1 fully saturated rings. The van der Waals surface area contributed by atoms with Crippen molar-refractivity contribution in [2.45, 2.75) is 35.9 Å². The number of hydrogen-bond acceptors (Lipinski definition) is 7. The molecule has 1 saturated carbocycles. The lowest BCUT2D eigenvalue weighted by molar-refractivity contribution is 0.386. The molecule has 10 heteroatoms. The van der Waals surface area contributed by atoms with E-state index in [1.807, 2.05) is 18.2 Å². The Hall–Kier alpha value is -2.59. The predicted molar refractivity (Wildman–Crippen MR) is 130 cm³/mol. The molecule has 1 N–H and O–H groups in total. The topological polar surface area (TPSA) is 98.0 Å². The van der Waals surface area contributed by atoms with E-state index < -0.39 is 10.0 Å². The number of nitrogens with one attached hydrogen (secondary N) is 1. The number of hydrogen-bond donors (Lipinski definition) is 1. The maximum atomic E-state index is 13.0. The van der Waals surface area contributed by atoms with E-state index in [0.29, 0.717) is 16.1 Å². The molecule has 3 heterocycles. The molecular formula is C24H21ClN4O3S2. The quantitative estimate of drug-likeness (QED) is 0.404. The van der Waals surface area contributed by atoms with Crippen LogP contribution in [0, 0.1) is 11.8 Å². The van der Waals surface area contributed by atoms with Crippen molar-refractivity contribution < 1.29 is 12.9 Å². The Labute approximate surface area is 206 Å². The fourth-order valence-electron chi connectivity index (χ4n) is 5.17. The van der Waals surface area contributed by atoms with Gasteiger partial charge in [0.2, 0.25) is 15.8 Å². The number of halogens is 1. The number of pyridine rings is 1. The predicted octanol–water partition coefficient (Wildman–Crippen LogP) is 4.99. The maximum absolute atomic E-state index is 13.0. The summed E-state index contributed by atoms with van der Waals surface area (Å²) in [5.74, 6) is 1.47. The Morgan fingerprint density at radius 3 is 2.59 bits per heavy atom. The highest BCUT2D eigenvalue weighted by atomic mass is 35.5. The van der Waals surface area contributed by atoms with Crippen LogP contribution in [0.25, 0.3) is 22.8 Å². The Morgan fingerprint density at radius 1 is 1.03 bits per heavy atom. The molecule has 4 aromatic rings. The second-order valence-electron chi connectivity index (χ2n) is 8.86. The van der Waals surface area contributed by atoms with Crippen LogP contribution in [-0.2, 0) is 22.9 Å². The van der Waals surface area contributed by atoms with E-state index in [4.69, 9.17) is 16.1 Å². The smallest absolute Gasteiger partial charge is 0.259 e. The first-order chi connectivity index (χ1) is 16.5. The highest BCUT2D eigenvalue weighted by Crippen LogP contribution is 2.42. The van der Waals surface area contributed by atoms with Gasteiger partial charge in [-0.3, -0.25) is 4.98 Å². The van der Waals surface area contributed by atoms with Crippen molar-refractivity contribution >= 4 is 33.0 Å². The first-order valence-corrected chi connectivity index (χ1v) is 13.8. The van der Waals surface area contributed by atoms with Crippen molar-refractivity contribution in [3.05, 3.63) is 70.3 Å². The van der Waals surface area contributed by atoms with Crippen molar-refractivity contribution in [2.24, 2.45) is 11.8 Å². The molecule has 3 atom stereocenters. The summed E-state index contributed by atoms with van der Waals surface area (Å²) in [4.78, 5) is 8.65. The summed E-state index contributed by atoms with van der Waals surface area (Å²) in [6.07, 6.45) is 7.06. The van der Waals surface area contributed by atoms with E-state index in [9.17, 15) is 8.42 Å². The summed E-state index contributed by atoms with van der Waals surface area (Å²) in [5, 5.41) is 4.17. The van der Waals surface area contributed by atoms with Gasteiger partial charge in [0, 0.05) is 24.0 Å². The normalized spacial score (nSPS) is 21.9. The van der Waals surface area contributed by atoms with Gasteiger partial charge in [-0.1, -0.05) is 28.9 Å². The first-order valence-electron chi connectivity index (χ1n) is 11.1. The Kier molecular flexibility index (Phi) is 5.52. The lowest BCUT2D eigenvalue weighted by Gasteiger charge is -2.23. The van der Waals surface area contributed by atoms with Gasteiger partial charge in [0.1, 0.15) is 4.21 Å². The molecule has 34 heavy (non-hydrogen) atoms. The third-order valence-electron chi connectivity index (χ3n) is 6.79. The number of thiophene rings is 1. The number of nitrogens with zero attached hydrogens (tertiary/aromatic N) is 3. The summed E-state index contributed by atoms with van der Waals surface area (Å²) < 4.78 is 35.2. The first kappa shape index (κ1) is 21.9. The van der Waals surface area contributed by atoms with E-state index in [-0.39, 0.29) is 22.1 Å². The summed E-state index contributed by atoms with van der Waals surface area (Å²) in [6, 6.07) is 13.1. The van der Waals surface area contributed by atoms with Crippen LogP contribution in [0.5, 0.6) is 0 Å². The molecule has 3 unspecified atom stereocenters. The minimum absolute atomic E-state index is 0.0934. The van der Waals surface area contributed by atoms with E-state index in [1.165, 1.54) is 11.1 Å². The lowest BCUT2D eigenvalue weighted by Crippen LogP contribution is -2.41. The number of aromatic nitrogens is 3. The van der Waals surface area contributed by atoms with Crippen molar-refractivity contribution in [3.63, 3.8) is 0 Å². The van der Waals surface area contributed by atoms with E-state index >= 15 is 0 Å². The van der Waals surface area contributed by atoms with Gasteiger partial charge in [0.05, 0.1) is 9.90 Å². The molecule has 3 aromatic heterocycles. The molecule has 7 nitrogen and oxygen atoms in total. The number of rotatable bonds is 5. The van der Waals surface area contributed by atoms with Crippen LogP contribution >= 0.6 is 22.9 Å². The molecule has 0 amide bonds. The lowest BCUT2D eigenvalue weighted by atomic mass is 9.92. The zero-order valence-corrected chi connectivity index (χ0v) is 20.4. The highest BCUT2D eigenvalue weighted by molar-refractivity contribution is 7.91. The van der Waals surface area contributed by atoms with Crippen molar-refractivity contribution in [1.29, 1.82) is 0 Å². The van der Waals surface area contributed by atoms with E-state index in [0.717, 1.165) is 48.1 Å². The number of sulfonamides is 1. The fraction of sp³-hybridized carbons (Fsp3) is 0.292. The number of fused-ring (bicyclic) bond motifs is 3. The molecule has 174 valence electrons. The minimum Gasteiger partial charge on any atom is -0.334 e. The van der Waals surface area contributed by atoms with E-state index in [2.05, 4.69) is 32.0 Å². The molecule has 2 aliphatic carbocycles. The van der Waals surface area contributed by atoms with Crippen LogP contribution in [0.1, 0.15) is 24.0 Å². The molecule has 0 spiro atoms. The molecule has 2 bridgehead atoms. The molecule has 0 aliphatic heterocycles. The Bertz CT molecular complexity index is 1450. The van der Waals surface area contributed by atoms with Gasteiger partial charge >= 0.3 is 0 Å². The minimum atomic E-state index is -3.60. The van der Waals surface area contributed by atoms with Crippen molar-refractivity contribution in [1.82, 2.24) is 19.8 Å². The van der Waals surface area contributed by atoms with Crippen LogP contribution in [0.15, 0.2) is 63.6 Å². The van der Waals surface area contributed by atoms with E-state index in [1.54, 1.807) is 24.5 Å². The van der Waals surface area contributed by atoms with Gasteiger partial charge in [0.25, 0.3) is 5.89 Å². The summed E-state index contributed by atoms with van der Waals surface area (Å²) in [7, 11) is -3.60. The number of benzene rings is 1. The van der Waals surface area contributed by atoms with Gasteiger partial charge in [-0.2, -0.15) is 4.98 Å². The molecule has 1 aromatic carbocycles. The fourth-order valence-corrected chi connectivity index (χ4v) is 8.04. The summed E-state index contributed by atoms with van der Waals surface area (Å²) in [6.45, 7) is 0. The SMILES string of the molecule is O=S(=O)(NC1C2CCC1Cc1cc(-c3noc(-c4cccnc4)n3)ccc1C2)c1ccc(Cl)s1. The van der Waals surface area contributed by atoms with Crippen molar-refractivity contribution in [3.8, 4) is 22.8 Å². The standard InChI is InChI=1S/C24H21ClN4O3S2/c25-20-7-8-21(33-20)34(30,31)29-22-15-4-5-16(22)11-19-12-17(6-3-14(19)10-15)23-27-24(32-28-23)18-2-1-9-26-13-18/h1-3,6-9,12-13,15-16,22,29H,4-5,10-11H2. The molecular weight excluding hydrogens is 492 g/mol. The largest absolute Gasteiger partial charge is 0.334 e. The summed E-state index contributed by atoms with van der Waals surface area (Å²) in [5.41, 5.74) is 4.15. The van der Waals surface area contributed by atoms with Crippen LogP contribution in [0.4, 0.5) is 0 Å². The third kappa shape index (κ3) is 4.07. The molecule has 6 rings (SSSR count). The Morgan fingerprint density at radius 2 is 1.85 bits per heavy atom. The van der Waals surface area contributed by atoms with Crippen molar-refractivity contribution in [2.75, 3.05) is 0 Å². The Balaban J connectivity index is 1.26. The van der Waals surface area contributed by atoms with Gasteiger partial charge in [-0.25, -0.2) is 13.1 Å². The third-order valence-corrected chi connectivity index (χ3v) is 9.97. The maximum Gasteiger partial charge on any atom is 0.259 e. The zero-order valence-electron chi connectivity index (χ0n) is 18.0. The molecule has 2 aliphatic rings. The van der Waals surface area contributed by atoms with Crippen LogP contribution in [0.2, 0.25) is 4.34 Å². The van der Waals surface area contributed by atoms with Crippen LogP contribution in [-0.4, -0.2) is 29.6 Å². The molecule has 0 saturated heterocycles. The van der Waals surface area contributed by atoms with Crippen LogP contribution < -0.4 is 4.72 Å². The molecule has 0 radical (unpaired) electrons. The average molecular weight is 513 g/mol. The second kappa shape index (κ2) is 8.57. The van der Waals surface area contributed by atoms with Gasteiger partial charge in [-0.15, -0.1) is 11.3 Å². The van der Waals surface area contributed by atoms with Gasteiger partial charge in [-0.05, 0) is 79.0 Å². The average Bonchev–Trinajstić information content (AvgIpc) is 3.54. The van der Waals surface area contributed by atoms with Gasteiger partial charge < -0.3 is 4.52 Å². The van der Waals surface area contributed by atoms with Gasteiger partial charge in [0.15, 0.2) is 0 Å². The second-order valence-corrected chi connectivity index (χ2v) is 12.5. The zero-order chi connectivity index (χ0) is 23.3. The monoisotopic (exact) mass is 512 g/mol.